The first-order valence-electron chi connectivity index (χ1n) is 4.89. The second-order valence-electron chi connectivity index (χ2n) is 3.98. The molecular formula is C12H14N2. The lowest BCUT2D eigenvalue weighted by molar-refractivity contribution is 0.867. The van der Waals surface area contributed by atoms with Crippen LogP contribution < -0.4 is 0 Å². The highest BCUT2D eigenvalue weighted by atomic mass is 14.9. The average molecular weight is 186 g/mol. The predicted octanol–water partition coefficient (Wildman–Crippen LogP) is 3.01. The molecule has 72 valence electrons. The minimum Gasteiger partial charge on any atom is -0.235 e. The maximum Gasteiger partial charge on any atom is 0.116 e. The van der Waals surface area contributed by atoms with Crippen LogP contribution >= 0.6 is 0 Å². The van der Waals surface area contributed by atoms with Crippen molar-refractivity contribution < 1.29 is 0 Å². The zero-order valence-electron chi connectivity index (χ0n) is 8.78. The SMILES string of the molecule is Cc1cc(C(C)C)cc2ncnc-2c1. The van der Waals surface area contributed by atoms with Crippen molar-refractivity contribution in [2.24, 2.45) is 0 Å². The fourth-order valence-electron chi connectivity index (χ4n) is 1.56. The van der Waals surface area contributed by atoms with E-state index in [1.807, 2.05) is 0 Å². The molecule has 0 aromatic rings. The summed E-state index contributed by atoms with van der Waals surface area (Å²) in [5.74, 6) is 0.529. The zero-order valence-corrected chi connectivity index (χ0v) is 8.78. The Morgan fingerprint density at radius 2 is 1.64 bits per heavy atom. The first-order chi connectivity index (χ1) is 6.66. The summed E-state index contributed by atoms with van der Waals surface area (Å²) in [6.07, 6.45) is 1.62. The number of hydrogen-bond acceptors (Lipinski definition) is 2. The van der Waals surface area contributed by atoms with Gasteiger partial charge in [0.15, 0.2) is 0 Å². The Morgan fingerprint density at radius 3 is 2.29 bits per heavy atom. The molecule has 2 heteroatoms. The topological polar surface area (TPSA) is 25.8 Å². The lowest BCUT2D eigenvalue weighted by Crippen LogP contribution is -1.84. The molecule has 0 saturated carbocycles. The van der Waals surface area contributed by atoms with Gasteiger partial charge in [0.05, 0.1) is 11.4 Å². The van der Waals surface area contributed by atoms with Gasteiger partial charge in [-0.1, -0.05) is 19.9 Å². The number of aryl methyl sites for hydroxylation is 1. The third-order valence-corrected chi connectivity index (χ3v) is 2.38. The van der Waals surface area contributed by atoms with Crippen molar-refractivity contribution in [2.75, 3.05) is 0 Å². The number of imidazole rings is 1. The zero-order chi connectivity index (χ0) is 10.1. The Labute approximate surface area is 84.4 Å². The van der Waals surface area contributed by atoms with Gasteiger partial charge in [0.2, 0.25) is 0 Å². The number of rotatable bonds is 1. The molecule has 0 spiro atoms. The molecule has 0 unspecified atom stereocenters. The minimum atomic E-state index is 0.529. The van der Waals surface area contributed by atoms with E-state index in [0.717, 1.165) is 11.4 Å². The van der Waals surface area contributed by atoms with E-state index in [-0.39, 0.29) is 0 Å². The van der Waals surface area contributed by atoms with Crippen LogP contribution in [0.5, 0.6) is 0 Å². The van der Waals surface area contributed by atoms with Crippen LogP contribution in [-0.2, 0) is 0 Å². The van der Waals surface area contributed by atoms with Gasteiger partial charge in [-0.25, -0.2) is 9.97 Å². The van der Waals surface area contributed by atoms with Crippen molar-refractivity contribution in [1.82, 2.24) is 9.97 Å². The second-order valence-corrected chi connectivity index (χ2v) is 3.98. The van der Waals surface area contributed by atoms with Gasteiger partial charge < -0.3 is 0 Å². The fraction of sp³-hybridized carbons (Fsp3) is 0.333. The number of hydrogen-bond donors (Lipinski definition) is 0. The lowest BCUT2D eigenvalue weighted by atomic mass is 10.0. The summed E-state index contributed by atoms with van der Waals surface area (Å²) in [6, 6.07) is 6.40. The molecule has 0 aromatic carbocycles. The first kappa shape index (κ1) is 9.13. The molecule has 0 amide bonds. The Morgan fingerprint density at radius 1 is 1.00 bits per heavy atom. The van der Waals surface area contributed by atoms with Crippen LogP contribution in [0.25, 0.3) is 11.4 Å². The monoisotopic (exact) mass is 186 g/mol. The quantitative estimate of drug-likeness (QED) is 0.684. The van der Waals surface area contributed by atoms with Crippen LogP contribution in [0.4, 0.5) is 0 Å². The van der Waals surface area contributed by atoms with E-state index in [2.05, 4.69) is 48.9 Å². The Hall–Kier alpha value is -1.44. The second kappa shape index (κ2) is 3.37. The highest BCUT2D eigenvalue weighted by Gasteiger charge is 2.07. The van der Waals surface area contributed by atoms with Crippen molar-refractivity contribution in [3.8, 4) is 11.4 Å². The molecule has 0 radical (unpaired) electrons. The molecule has 0 saturated heterocycles. The maximum absolute atomic E-state index is 4.23. The molecule has 2 nitrogen and oxygen atoms in total. The maximum atomic E-state index is 4.23. The molecular weight excluding hydrogens is 172 g/mol. The van der Waals surface area contributed by atoms with E-state index in [9.17, 15) is 0 Å². The molecule has 14 heavy (non-hydrogen) atoms. The van der Waals surface area contributed by atoms with Crippen molar-refractivity contribution in [3.63, 3.8) is 0 Å². The van der Waals surface area contributed by atoms with Crippen LogP contribution in [0.1, 0.15) is 30.9 Å². The van der Waals surface area contributed by atoms with Gasteiger partial charge in [0, 0.05) is 0 Å². The van der Waals surface area contributed by atoms with Crippen molar-refractivity contribution in [2.45, 2.75) is 26.7 Å². The van der Waals surface area contributed by atoms with Crippen molar-refractivity contribution in [3.05, 3.63) is 35.7 Å². The highest BCUT2D eigenvalue weighted by molar-refractivity contribution is 5.57. The number of aromatic nitrogens is 2. The van der Waals surface area contributed by atoms with Crippen LogP contribution in [0.15, 0.2) is 24.5 Å². The van der Waals surface area contributed by atoms with E-state index < -0.39 is 0 Å². The fourth-order valence-corrected chi connectivity index (χ4v) is 1.56. The standard InChI is InChI=1S/C12H14N2/c1-8(2)10-4-9(3)5-11-12(6-10)14-7-13-11/h4-8H,1-3H3. The van der Waals surface area contributed by atoms with Gasteiger partial charge in [-0.05, 0) is 36.1 Å². The summed E-state index contributed by atoms with van der Waals surface area (Å²) in [6.45, 7) is 6.48. The molecule has 1 heterocycles. The molecule has 0 aromatic heterocycles. The third kappa shape index (κ3) is 1.60. The molecule has 0 bridgehead atoms. The first-order valence-corrected chi connectivity index (χ1v) is 4.89. The largest absolute Gasteiger partial charge is 0.235 e. The van der Waals surface area contributed by atoms with E-state index in [1.165, 1.54) is 11.1 Å². The summed E-state index contributed by atoms with van der Waals surface area (Å²) >= 11 is 0. The molecule has 0 fully saturated rings. The number of nitrogens with zero attached hydrogens (tertiary/aromatic N) is 2. The van der Waals surface area contributed by atoms with Crippen molar-refractivity contribution in [1.29, 1.82) is 0 Å². The van der Waals surface area contributed by atoms with Gasteiger partial charge in [-0.2, -0.15) is 0 Å². The van der Waals surface area contributed by atoms with E-state index in [4.69, 9.17) is 0 Å². The van der Waals surface area contributed by atoms with E-state index >= 15 is 0 Å². The summed E-state index contributed by atoms with van der Waals surface area (Å²) in [5, 5.41) is 0. The molecule has 2 aliphatic rings. The minimum absolute atomic E-state index is 0.529. The molecule has 1 aliphatic heterocycles. The average Bonchev–Trinajstić information content (AvgIpc) is 2.45. The normalized spacial score (nSPS) is 11.1. The van der Waals surface area contributed by atoms with Gasteiger partial charge in [0.25, 0.3) is 0 Å². The van der Waals surface area contributed by atoms with E-state index in [1.54, 1.807) is 6.33 Å². The summed E-state index contributed by atoms with van der Waals surface area (Å²) in [4.78, 5) is 8.44. The van der Waals surface area contributed by atoms with Gasteiger partial charge in [0.1, 0.15) is 6.33 Å². The molecule has 0 N–H and O–H groups in total. The summed E-state index contributed by atoms with van der Waals surface area (Å²) in [7, 11) is 0. The van der Waals surface area contributed by atoms with Crippen molar-refractivity contribution >= 4 is 0 Å². The predicted molar refractivity (Wildman–Crippen MR) is 57.5 cm³/mol. The summed E-state index contributed by atoms with van der Waals surface area (Å²) in [5.41, 5.74) is 4.53. The van der Waals surface area contributed by atoms with Crippen LogP contribution in [0.2, 0.25) is 0 Å². The Bertz CT molecular complexity index is 421. The summed E-state index contributed by atoms with van der Waals surface area (Å²) < 4.78 is 0. The van der Waals surface area contributed by atoms with Gasteiger partial charge in [-0.15, -0.1) is 0 Å². The molecule has 0 atom stereocenters. The molecule has 1 aliphatic carbocycles. The smallest absolute Gasteiger partial charge is 0.116 e. The number of fused-ring (bicyclic) bond motifs is 1. The van der Waals surface area contributed by atoms with Crippen LogP contribution in [-0.4, -0.2) is 9.97 Å². The van der Waals surface area contributed by atoms with Crippen LogP contribution in [0, 0.1) is 6.92 Å². The Kier molecular flexibility index (Phi) is 2.20. The van der Waals surface area contributed by atoms with Gasteiger partial charge >= 0.3 is 0 Å². The molecule has 2 rings (SSSR count). The third-order valence-electron chi connectivity index (χ3n) is 2.38. The van der Waals surface area contributed by atoms with E-state index in [0.29, 0.717) is 5.92 Å². The Balaban J connectivity index is 2.65. The lowest BCUT2D eigenvalue weighted by Gasteiger charge is -2.01. The van der Waals surface area contributed by atoms with Crippen LogP contribution in [0.3, 0.4) is 0 Å². The highest BCUT2D eigenvalue weighted by Crippen LogP contribution is 2.23. The van der Waals surface area contributed by atoms with Gasteiger partial charge in [-0.3, -0.25) is 0 Å².